The minimum atomic E-state index is -0.900. The third-order valence-corrected chi connectivity index (χ3v) is 8.31. The first-order valence-electron chi connectivity index (χ1n) is 16.1. The van der Waals surface area contributed by atoms with E-state index in [4.69, 9.17) is 14.6 Å². The number of amides is 1. The molecule has 1 aromatic heterocycles. The first-order chi connectivity index (χ1) is 22.9. The molecule has 1 aliphatic rings. The fourth-order valence-electron chi connectivity index (χ4n) is 5.74. The van der Waals surface area contributed by atoms with E-state index in [0.29, 0.717) is 19.4 Å². The Bertz CT molecular complexity index is 1600. The highest BCUT2D eigenvalue weighted by Gasteiger charge is 2.33. The number of benzene rings is 3. The summed E-state index contributed by atoms with van der Waals surface area (Å²) in [7, 11) is 2.11. The van der Waals surface area contributed by atoms with Crippen LogP contribution in [0.4, 0.5) is 0 Å². The number of ether oxygens (including phenoxy) is 2. The van der Waals surface area contributed by atoms with Gasteiger partial charge in [0.15, 0.2) is 6.29 Å². The number of nitrogens with zero attached hydrogens (tertiary/aromatic N) is 2. The Kier molecular flexibility index (Phi) is 12.2. The molecule has 4 aromatic rings. The fraction of sp³-hybridized carbons (Fsp3) is 0.342. The smallest absolute Gasteiger partial charge is 0.303 e. The number of rotatable bonds is 15. The lowest BCUT2D eigenvalue weighted by molar-refractivity contribution is -0.252. The van der Waals surface area contributed by atoms with Crippen LogP contribution >= 0.6 is 0 Å². The van der Waals surface area contributed by atoms with Gasteiger partial charge < -0.3 is 29.9 Å². The second kappa shape index (κ2) is 16.9. The number of carboxylic acid groups (broad SMARTS) is 1. The zero-order valence-corrected chi connectivity index (χ0v) is 26.8. The zero-order chi connectivity index (χ0) is 33.0. The lowest BCUT2D eigenvalue weighted by atomic mass is 9.98. The van der Waals surface area contributed by atoms with Gasteiger partial charge in [0.1, 0.15) is 0 Å². The Hall–Kier alpha value is -4.41. The fourth-order valence-corrected chi connectivity index (χ4v) is 5.74. The van der Waals surface area contributed by atoms with Crippen molar-refractivity contribution in [3.05, 3.63) is 125 Å². The van der Waals surface area contributed by atoms with Gasteiger partial charge in [-0.3, -0.25) is 14.6 Å². The van der Waals surface area contributed by atoms with E-state index in [1.165, 1.54) is 0 Å². The van der Waals surface area contributed by atoms with Gasteiger partial charge in [0, 0.05) is 62.8 Å². The lowest BCUT2D eigenvalue weighted by Gasteiger charge is -2.38. The van der Waals surface area contributed by atoms with Gasteiger partial charge in [0.25, 0.3) is 0 Å². The summed E-state index contributed by atoms with van der Waals surface area (Å²) in [5.41, 5.74) is 6.83. The van der Waals surface area contributed by atoms with Crippen LogP contribution in [0.5, 0.6) is 0 Å². The van der Waals surface area contributed by atoms with Gasteiger partial charge in [0.2, 0.25) is 5.91 Å². The van der Waals surface area contributed by atoms with Crippen LogP contribution in [-0.2, 0) is 38.6 Å². The number of aliphatic carboxylic acids is 1. The van der Waals surface area contributed by atoms with Crippen LogP contribution in [0.1, 0.15) is 66.0 Å². The molecular weight excluding hydrogens is 594 g/mol. The van der Waals surface area contributed by atoms with E-state index in [9.17, 15) is 14.7 Å². The van der Waals surface area contributed by atoms with Crippen molar-refractivity contribution in [2.24, 2.45) is 0 Å². The highest BCUT2D eigenvalue weighted by Crippen LogP contribution is 2.39. The van der Waals surface area contributed by atoms with E-state index >= 15 is 0 Å². The van der Waals surface area contributed by atoms with Crippen molar-refractivity contribution in [1.82, 2.24) is 15.2 Å². The molecule has 0 radical (unpaired) electrons. The summed E-state index contributed by atoms with van der Waals surface area (Å²) in [4.78, 5) is 29.6. The minimum Gasteiger partial charge on any atom is -0.481 e. The number of carbonyl (C=O) groups is 2. The van der Waals surface area contributed by atoms with E-state index in [2.05, 4.69) is 28.3 Å². The van der Waals surface area contributed by atoms with Crippen molar-refractivity contribution in [3.63, 3.8) is 0 Å². The van der Waals surface area contributed by atoms with Crippen LogP contribution in [0.25, 0.3) is 11.1 Å². The van der Waals surface area contributed by atoms with Crippen molar-refractivity contribution in [2.75, 3.05) is 20.1 Å². The maximum Gasteiger partial charge on any atom is 0.303 e. The molecule has 0 aliphatic carbocycles. The topological polar surface area (TPSA) is 121 Å². The number of pyridine rings is 1. The molecule has 1 saturated heterocycles. The molecule has 0 spiro atoms. The van der Waals surface area contributed by atoms with Gasteiger partial charge in [-0.2, -0.15) is 0 Å². The number of aromatic nitrogens is 1. The van der Waals surface area contributed by atoms with Gasteiger partial charge in [-0.1, -0.05) is 66.7 Å². The monoisotopic (exact) mass is 637 g/mol. The molecule has 9 nitrogen and oxygen atoms in total. The Morgan fingerprint density at radius 1 is 0.894 bits per heavy atom. The molecule has 3 atom stereocenters. The number of likely N-dealkylation sites (N-methyl/N-ethyl adjacent to an activating group) is 1. The predicted molar refractivity (Wildman–Crippen MR) is 179 cm³/mol. The molecule has 47 heavy (non-hydrogen) atoms. The summed E-state index contributed by atoms with van der Waals surface area (Å²) in [5.74, 6) is -1.06. The van der Waals surface area contributed by atoms with Crippen LogP contribution in [0.2, 0.25) is 0 Å². The summed E-state index contributed by atoms with van der Waals surface area (Å²) in [6, 6.07) is 30.1. The van der Waals surface area contributed by atoms with Gasteiger partial charge in [-0.05, 0) is 65.6 Å². The highest BCUT2D eigenvalue weighted by molar-refractivity contribution is 5.76. The zero-order valence-electron chi connectivity index (χ0n) is 26.8. The summed E-state index contributed by atoms with van der Waals surface area (Å²) in [5, 5.41) is 21.2. The van der Waals surface area contributed by atoms with Gasteiger partial charge in [-0.15, -0.1) is 0 Å². The van der Waals surface area contributed by atoms with Crippen molar-refractivity contribution >= 4 is 11.9 Å². The van der Waals surface area contributed by atoms with E-state index in [-0.39, 0.29) is 37.6 Å². The van der Waals surface area contributed by atoms with Crippen LogP contribution in [-0.4, -0.2) is 58.2 Å². The normalized spacial score (nSPS) is 17.8. The molecule has 0 bridgehead atoms. The van der Waals surface area contributed by atoms with Crippen LogP contribution in [0, 0.1) is 0 Å². The predicted octanol–water partition coefficient (Wildman–Crippen LogP) is 5.83. The minimum absolute atomic E-state index is 0.00557. The number of hydrogen-bond acceptors (Lipinski definition) is 7. The van der Waals surface area contributed by atoms with Crippen LogP contribution in [0.15, 0.2) is 97.2 Å². The van der Waals surface area contributed by atoms with E-state index in [1.54, 1.807) is 0 Å². The number of carbonyl (C=O) groups excluding carboxylic acids is 1. The lowest BCUT2D eigenvalue weighted by Crippen LogP contribution is -2.38. The third-order valence-electron chi connectivity index (χ3n) is 8.31. The van der Waals surface area contributed by atoms with Gasteiger partial charge in [0.05, 0.1) is 18.8 Å². The average Bonchev–Trinajstić information content (AvgIpc) is 3.10. The molecule has 246 valence electrons. The Morgan fingerprint density at radius 2 is 1.68 bits per heavy atom. The molecular formula is C38H43N3O6. The van der Waals surface area contributed by atoms with Gasteiger partial charge in [-0.25, -0.2) is 0 Å². The Balaban J connectivity index is 1.29. The molecule has 5 rings (SSSR count). The van der Waals surface area contributed by atoms with Crippen molar-refractivity contribution in [3.8, 4) is 11.1 Å². The largest absolute Gasteiger partial charge is 0.481 e. The first-order valence-corrected chi connectivity index (χ1v) is 16.1. The number of carboxylic acids is 1. The number of hydrogen-bond donors (Lipinski definition) is 3. The van der Waals surface area contributed by atoms with Crippen molar-refractivity contribution in [2.45, 2.75) is 63.8 Å². The summed E-state index contributed by atoms with van der Waals surface area (Å²) < 4.78 is 13.2. The van der Waals surface area contributed by atoms with E-state index in [1.807, 2.05) is 91.1 Å². The number of nitrogens with one attached hydrogen (secondary N) is 1. The van der Waals surface area contributed by atoms with E-state index < -0.39 is 12.3 Å². The average molecular weight is 638 g/mol. The summed E-state index contributed by atoms with van der Waals surface area (Å²) in [6.07, 6.45) is 3.03. The first kappa shape index (κ1) is 33.9. The standard InChI is InChI=1S/C38H43N3O6/c1-41(20-18-33-11-2-3-19-39-33)25-34-23-35(29-16-14-27(26-42)15-17-29)47-38(46-34)32-10-5-9-31(22-32)30-8-4-7-28(21-30)24-40-36(43)12-6-13-37(44)45/h2-5,7-11,14-17,19,21-22,34-35,38,42H,6,12-13,18,20,23-26H2,1H3,(H,40,43)(H,44,45)/t34-,35+,38+/m0/s1. The Morgan fingerprint density at radius 3 is 2.43 bits per heavy atom. The molecule has 1 aliphatic heterocycles. The number of aliphatic hydroxyl groups is 1. The molecule has 3 aromatic carbocycles. The van der Waals surface area contributed by atoms with Crippen molar-refractivity contribution in [1.29, 1.82) is 0 Å². The van der Waals surface area contributed by atoms with Crippen molar-refractivity contribution < 1.29 is 29.3 Å². The quantitative estimate of drug-likeness (QED) is 0.149. The van der Waals surface area contributed by atoms with Crippen LogP contribution in [0.3, 0.4) is 0 Å². The molecule has 0 saturated carbocycles. The second-order valence-corrected chi connectivity index (χ2v) is 12.0. The molecule has 3 N–H and O–H groups in total. The molecule has 1 fully saturated rings. The maximum absolute atomic E-state index is 12.2. The molecule has 2 heterocycles. The number of aliphatic hydroxyl groups excluding tert-OH is 1. The third kappa shape index (κ3) is 10.3. The van der Waals surface area contributed by atoms with Gasteiger partial charge >= 0.3 is 5.97 Å². The SMILES string of the molecule is CN(CCc1ccccn1)C[C@@H]1C[C@H](c2ccc(CO)cc2)O[C@H](c2cccc(-c3cccc(CNC(=O)CCCC(=O)O)c3)c2)O1. The Labute approximate surface area is 276 Å². The van der Waals surface area contributed by atoms with Crippen LogP contribution < -0.4 is 5.32 Å². The second-order valence-electron chi connectivity index (χ2n) is 12.0. The summed E-state index contributed by atoms with van der Waals surface area (Å²) in [6.45, 7) is 1.95. The maximum atomic E-state index is 12.2. The summed E-state index contributed by atoms with van der Waals surface area (Å²) >= 11 is 0. The highest BCUT2D eigenvalue weighted by atomic mass is 16.7. The molecule has 9 heteroatoms. The molecule has 1 amide bonds. The van der Waals surface area contributed by atoms with E-state index in [0.717, 1.165) is 58.6 Å². The molecule has 0 unspecified atom stereocenters.